The lowest BCUT2D eigenvalue weighted by Crippen LogP contribution is -2.32. The van der Waals surface area contributed by atoms with Gasteiger partial charge in [0, 0.05) is 19.1 Å². The highest BCUT2D eigenvalue weighted by Crippen LogP contribution is 2.20. The number of nitrogens with one attached hydrogen (secondary N) is 1. The molecule has 1 aliphatic rings. The lowest BCUT2D eigenvalue weighted by molar-refractivity contribution is 0.436. The van der Waals surface area contributed by atoms with Crippen LogP contribution in [-0.4, -0.2) is 34.1 Å². The number of hydrogen-bond donors (Lipinski definition) is 2. The van der Waals surface area contributed by atoms with Crippen LogP contribution in [0.3, 0.4) is 0 Å². The van der Waals surface area contributed by atoms with Gasteiger partial charge in [-0.3, -0.25) is 0 Å². The SMILES string of the molecule is CCC(CC)C(C)Nc1nc(N)nc(N2CCCCC2)n1. The first-order valence-corrected chi connectivity index (χ1v) is 8.17. The van der Waals surface area contributed by atoms with Crippen LogP contribution < -0.4 is 16.0 Å². The number of aromatic nitrogens is 3. The zero-order valence-electron chi connectivity index (χ0n) is 13.5. The van der Waals surface area contributed by atoms with Crippen LogP contribution in [0.1, 0.15) is 52.9 Å². The highest BCUT2D eigenvalue weighted by atomic mass is 15.3. The van der Waals surface area contributed by atoms with E-state index in [-0.39, 0.29) is 0 Å². The number of rotatable bonds is 6. The summed E-state index contributed by atoms with van der Waals surface area (Å²) in [6.45, 7) is 8.62. The van der Waals surface area contributed by atoms with E-state index < -0.39 is 0 Å². The number of nitrogen functional groups attached to an aromatic ring is 1. The monoisotopic (exact) mass is 292 g/mol. The van der Waals surface area contributed by atoms with Crippen molar-refractivity contribution in [1.29, 1.82) is 0 Å². The molecule has 2 heterocycles. The Morgan fingerprint density at radius 2 is 1.76 bits per heavy atom. The molecular formula is C15H28N6. The van der Waals surface area contributed by atoms with E-state index in [0.29, 0.717) is 29.8 Å². The lowest BCUT2D eigenvalue weighted by Gasteiger charge is -2.27. The summed E-state index contributed by atoms with van der Waals surface area (Å²) in [7, 11) is 0. The highest BCUT2D eigenvalue weighted by molar-refractivity contribution is 5.42. The van der Waals surface area contributed by atoms with Crippen LogP contribution in [-0.2, 0) is 0 Å². The van der Waals surface area contributed by atoms with Crippen molar-refractivity contribution in [3.05, 3.63) is 0 Å². The van der Waals surface area contributed by atoms with Gasteiger partial charge < -0.3 is 16.0 Å². The van der Waals surface area contributed by atoms with E-state index in [0.717, 1.165) is 25.9 Å². The summed E-state index contributed by atoms with van der Waals surface area (Å²) in [6.07, 6.45) is 5.96. The van der Waals surface area contributed by atoms with Crippen molar-refractivity contribution in [2.45, 2.75) is 58.9 Å². The quantitative estimate of drug-likeness (QED) is 0.839. The molecule has 6 heteroatoms. The van der Waals surface area contributed by atoms with E-state index in [1.54, 1.807) is 0 Å². The van der Waals surface area contributed by atoms with E-state index in [1.165, 1.54) is 19.3 Å². The summed E-state index contributed by atoms with van der Waals surface area (Å²) in [5, 5.41) is 3.40. The number of anilines is 3. The molecule has 6 nitrogen and oxygen atoms in total. The van der Waals surface area contributed by atoms with Gasteiger partial charge in [0.25, 0.3) is 0 Å². The summed E-state index contributed by atoms with van der Waals surface area (Å²) in [5.41, 5.74) is 5.85. The lowest BCUT2D eigenvalue weighted by atomic mass is 9.96. The third-order valence-corrected chi connectivity index (χ3v) is 4.39. The summed E-state index contributed by atoms with van der Waals surface area (Å²) in [4.78, 5) is 15.3. The predicted octanol–water partition coefficient (Wildman–Crippen LogP) is 2.68. The van der Waals surface area contributed by atoms with Crippen LogP contribution in [0.4, 0.5) is 17.8 Å². The zero-order chi connectivity index (χ0) is 15.2. The van der Waals surface area contributed by atoms with Crippen LogP contribution in [0.2, 0.25) is 0 Å². The van der Waals surface area contributed by atoms with Crippen LogP contribution in [0.5, 0.6) is 0 Å². The average molecular weight is 292 g/mol. The first kappa shape index (κ1) is 15.8. The van der Waals surface area contributed by atoms with Crippen molar-refractivity contribution >= 4 is 17.8 Å². The first-order chi connectivity index (χ1) is 10.1. The Morgan fingerprint density at radius 3 is 2.38 bits per heavy atom. The highest BCUT2D eigenvalue weighted by Gasteiger charge is 2.18. The third kappa shape index (κ3) is 4.19. The van der Waals surface area contributed by atoms with E-state index in [2.05, 4.69) is 45.9 Å². The maximum atomic E-state index is 5.85. The van der Waals surface area contributed by atoms with E-state index in [9.17, 15) is 0 Å². The van der Waals surface area contributed by atoms with Gasteiger partial charge in [-0.1, -0.05) is 26.7 Å². The van der Waals surface area contributed by atoms with Crippen molar-refractivity contribution in [2.75, 3.05) is 29.0 Å². The summed E-state index contributed by atoms with van der Waals surface area (Å²) >= 11 is 0. The fraction of sp³-hybridized carbons (Fsp3) is 0.800. The second-order valence-electron chi connectivity index (χ2n) is 5.87. The Labute approximate surface area is 127 Å². The van der Waals surface area contributed by atoms with Crippen LogP contribution in [0.25, 0.3) is 0 Å². The third-order valence-electron chi connectivity index (χ3n) is 4.39. The second-order valence-corrected chi connectivity index (χ2v) is 5.87. The number of nitrogens with two attached hydrogens (primary N) is 1. The molecule has 1 saturated heterocycles. The van der Waals surface area contributed by atoms with Crippen LogP contribution in [0, 0.1) is 5.92 Å². The van der Waals surface area contributed by atoms with Gasteiger partial charge >= 0.3 is 0 Å². The Hall–Kier alpha value is -1.59. The van der Waals surface area contributed by atoms with Crippen LogP contribution >= 0.6 is 0 Å². The number of piperidine rings is 1. The standard InChI is InChI=1S/C15H28N6/c1-4-12(5-2)11(3)17-14-18-13(16)19-15(20-14)21-9-7-6-8-10-21/h11-12H,4-10H2,1-3H3,(H3,16,17,18,19,20). The fourth-order valence-corrected chi connectivity index (χ4v) is 3.00. The molecule has 0 bridgehead atoms. The molecule has 3 N–H and O–H groups in total. The minimum absolute atomic E-state index is 0.296. The predicted molar refractivity (Wildman–Crippen MR) is 87.5 cm³/mol. The Kier molecular flexibility index (Phi) is 5.59. The molecule has 0 aliphatic carbocycles. The topological polar surface area (TPSA) is 80.0 Å². The summed E-state index contributed by atoms with van der Waals surface area (Å²) in [6, 6.07) is 0.330. The molecule has 0 amide bonds. The van der Waals surface area contributed by atoms with Gasteiger partial charge in [0.2, 0.25) is 17.8 Å². The summed E-state index contributed by atoms with van der Waals surface area (Å²) in [5.74, 6) is 2.22. The van der Waals surface area contributed by atoms with E-state index in [1.807, 2.05) is 0 Å². The molecule has 1 fully saturated rings. The first-order valence-electron chi connectivity index (χ1n) is 8.17. The van der Waals surface area contributed by atoms with Gasteiger partial charge in [0.1, 0.15) is 0 Å². The molecule has 0 saturated carbocycles. The molecule has 0 spiro atoms. The molecule has 118 valence electrons. The molecular weight excluding hydrogens is 264 g/mol. The van der Waals surface area contributed by atoms with Gasteiger partial charge in [-0.25, -0.2) is 0 Å². The normalized spacial score (nSPS) is 17.0. The smallest absolute Gasteiger partial charge is 0.231 e. The molecule has 1 aromatic rings. The molecule has 2 rings (SSSR count). The molecule has 21 heavy (non-hydrogen) atoms. The van der Waals surface area contributed by atoms with E-state index >= 15 is 0 Å². The van der Waals surface area contributed by atoms with Gasteiger partial charge in [-0.05, 0) is 32.1 Å². The Balaban J connectivity index is 2.10. The van der Waals surface area contributed by atoms with Crippen LogP contribution in [0.15, 0.2) is 0 Å². The van der Waals surface area contributed by atoms with Gasteiger partial charge in [0.15, 0.2) is 0 Å². The minimum Gasteiger partial charge on any atom is -0.368 e. The minimum atomic E-state index is 0.296. The maximum Gasteiger partial charge on any atom is 0.231 e. The van der Waals surface area contributed by atoms with Crippen molar-refractivity contribution < 1.29 is 0 Å². The summed E-state index contributed by atoms with van der Waals surface area (Å²) < 4.78 is 0. The van der Waals surface area contributed by atoms with Crippen molar-refractivity contribution in [3.8, 4) is 0 Å². The van der Waals surface area contributed by atoms with Crippen molar-refractivity contribution in [3.63, 3.8) is 0 Å². The van der Waals surface area contributed by atoms with Gasteiger partial charge in [0.05, 0.1) is 0 Å². The molecule has 1 atom stereocenters. The number of hydrogen-bond acceptors (Lipinski definition) is 6. The average Bonchev–Trinajstić information content (AvgIpc) is 2.49. The molecule has 1 unspecified atom stereocenters. The van der Waals surface area contributed by atoms with Crippen molar-refractivity contribution in [2.24, 2.45) is 5.92 Å². The Morgan fingerprint density at radius 1 is 1.10 bits per heavy atom. The van der Waals surface area contributed by atoms with E-state index in [4.69, 9.17) is 5.73 Å². The number of nitrogens with zero attached hydrogens (tertiary/aromatic N) is 4. The van der Waals surface area contributed by atoms with Crippen molar-refractivity contribution in [1.82, 2.24) is 15.0 Å². The maximum absolute atomic E-state index is 5.85. The van der Waals surface area contributed by atoms with Gasteiger partial charge in [-0.15, -0.1) is 0 Å². The molecule has 0 aromatic carbocycles. The molecule has 0 radical (unpaired) electrons. The zero-order valence-corrected chi connectivity index (χ0v) is 13.5. The molecule has 1 aliphatic heterocycles. The molecule has 1 aromatic heterocycles. The van der Waals surface area contributed by atoms with Gasteiger partial charge in [-0.2, -0.15) is 15.0 Å². The fourth-order valence-electron chi connectivity index (χ4n) is 3.00. The Bertz CT molecular complexity index is 440. The largest absolute Gasteiger partial charge is 0.368 e. The second kappa shape index (κ2) is 7.43.